The Hall–Kier alpha value is -1.74. The molecule has 2 aromatic rings. The Bertz CT molecular complexity index is 773. The Morgan fingerprint density at radius 3 is 2.33 bits per heavy atom. The van der Waals surface area contributed by atoms with E-state index >= 15 is 0 Å². The van der Waals surface area contributed by atoms with E-state index in [9.17, 15) is 8.78 Å². The van der Waals surface area contributed by atoms with Crippen LogP contribution in [-0.2, 0) is 13.0 Å². The minimum Gasteiger partial charge on any atom is -0.357 e. The van der Waals surface area contributed by atoms with Crippen molar-refractivity contribution in [2.75, 3.05) is 26.2 Å². The SMILES string of the molecule is CCNC(=NCCc1c(F)cccc1F)NC1CCN(Cc2ccccc2)CC1.I. The van der Waals surface area contributed by atoms with Gasteiger partial charge in [-0.15, -0.1) is 24.0 Å². The molecule has 0 aliphatic carbocycles. The third kappa shape index (κ3) is 7.50. The van der Waals surface area contributed by atoms with Gasteiger partial charge in [0.15, 0.2) is 5.96 Å². The number of nitrogens with zero attached hydrogens (tertiary/aromatic N) is 2. The van der Waals surface area contributed by atoms with Gasteiger partial charge in [0, 0.05) is 44.3 Å². The van der Waals surface area contributed by atoms with Crippen molar-refractivity contribution >= 4 is 29.9 Å². The van der Waals surface area contributed by atoms with Crippen LogP contribution < -0.4 is 10.6 Å². The first-order chi connectivity index (χ1) is 14.2. The Morgan fingerprint density at radius 2 is 1.70 bits per heavy atom. The minimum absolute atomic E-state index is 0. The van der Waals surface area contributed by atoms with Gasteiger partial charge < -0.3 is 10.6 Å². The molecule has 0 radical (unpaired) electrons. The van der Waals surface area contributed by atoms with Crippen molar-refractivity contribution in [1.82, 2.24) is 15.5 Å². The van der Waals surface area contributed by atoms with Crippen LogP contribution in [-0.4, -0.2) is 43.1 Å². The average molecular weight is 528 g/mol. The zero-order valence-corrected chi connectivity index (χ0v) is 19.7. The van der Waals surface area contributed by atoms with Gasteiger partial charge in [0.25, 0.3) is 0 Å². The van der Waals surface area contributed by atoms with Crippen LogP contribution in [0.1, 0.15) is 30.9 Å². The molecule has 1 aliphatic heterocycles. The van der Waals surface area contributed by atoms with Gasteiger partial charge in [0.05, 0.1) is 0 Å². The number of halogens is 3. The molecule has 2 N–H and O–H groups in total. The van der Waals surface area contributed by atoms with E-state index in [0.29, 0.717) is 18.5 Å². The molecule has 0 spiro atoms. The fourth-order valence-electron chi connectivity index (χ4n) is 3.64. The molecule has 1 fully saturated rings. The first-order valence-corrected chi connectivity index (χ1v) is 10.4. The number of benzene rings is 2. The molecule has 1 aliphatic rings. The number of nitrogens with one attached hydrogen (secondary N) is 2. The molecular formula is C23H31F2IN4. The number of guanidine groups is 1. The number of rotatable bonds is 7. The van der Waals surface area contributed by atoms with Crippen LogP contribution >= 0.6 is 24.0 Å². The Kier molecular flexibility index (Phi) is 10.5. The van der Waals surface area contributed by atoms with Crippen molar-refractivity contribution in [2.45, 2.75) is 38.8 Å². The fraction of sp³-hybridized carbons (Fsp3) is 0.435. The van der Waals surface area contributed by atoms with Crippen molar-refractivity contribution < 1.29 is 8.78 Å². The first-order valence-electron chi connectivity index (χ1n) is 10.4. The molecule has 0 bridgehead atoms. The summed E-state index contributed by atoms with van der Waals surface area (Å²) in [5.41, 5.74) is 1.44. The Labute approximate surface area is 195 Å². The maximum absolute atomic E-state index is 13.8. The van der Waals surface area contributed by atoms with Gasteiger partial charge in [-0.2, -0.15) is 0 Å². The summed E-state index contributed by atoms with van der Waals surface area (Å²) in [6, 6.07) is 14.8. The normalized spacial score (nSPS) is 15.5. The number of hydrogen-bond acceptors (Lipinski definition) is 2. The van der Waals surface area contributed by atoms with Crippen LogP contribution in [0.25, 0.3) is 0 Å². The lowest BCUT2D eigenvalue weighted by Gasteiger charge is -2.33. The molecule has 0 atom stereocenters. The smallest absolute Gasteiger partial charge is 0.191 e. The van der Waals surface area contributed by atoms with Gasteiger partial charge in [-0.3, -0.25) is 9.89 Å². The summed E-state index contributed by atoms with van der Waals surface area (Å²) >= 11 is 0. The highest BCUT2D eigenvalue weighted by atomic mass is 127. The average Bonchev–Trinajstić information content (AvgIpc) is 2.72. The lowest BCUT2D eigenvalue weighted by Crippen LogP contribution is -2.48. The van der Waals surface area contributed by atoms with Crippen molar-refractivity contribution in [1.29, 1.82) is 0 Å². The van der Waals surface area contributed by atoms with Crippen LogP contribution in [0.3, 0.4) is 0 Å². The van der Waals surface area contributed by atoms with E-state index in [-0.39, 0.29) is 36.0 Å². The lowest BCUT2D eigenvalue weighted by atomic mass is 10.0. The van der Waals surface area contributed by atoms with Gasteiger partial charge >= 0.3 is 0 Å². The zero-order valence-electron chi connectivity index (χ0n) is 17.4. The summed E-state index contributed by atoms with van der Waals surface area (Å²) in [6.45, 7) is 6.14. The highest BCUT2D eigenvalue weighted by Gasteiger charge is 2.20. The van der Waals surface area contributed by atoms with Gasteiger partial charge in [0.2, 0.25) is 0 Å². The molecule has 7 heteroatoms. The third-order valence-corrected chi connectivity index (χ3v) is 5.22. The van der Waals surface area contributed by atoms with Gasteiger partial charge in [0.1, 0.15) is 11.6 Å². The quantitative estimate of drug-likeness (QED) is 0.319. The maximum atomic E-state index is 13.8. The topological polar surface area (TPSA) is 39.7 Å². The van der Waals surface area contributed by atoms with E-state index in [1.54, 1.807) is 0 Å². The summed E-state index contributed by atoms with van der Waals surface area (Å²) < 4.78 is 27.5. The molecule has 0 unspecified atom stereocenters. The van der Waals surface area contributed by atoms with Crippen molar-refractivity contribution in [3.63, 3.8) is 0 Å². The molecule has 1 saturated heterocycles. The van der Waals surface area contributed by atoms with Gasteiger partial charge in [-0.25, -0.2) is 8.78 Å². The summed E-state index contributed by atoms with van der Waals surface area (Å²) in [5.74, 6) is -0.307. The molecule has 2 aromatic carbocycles. The summed E-state index contributed by atoms with van der Waals surface area (Å²) in [4.78, 5) is 6.99. The number of hydrogen-bond donors (Lipinski definition) is 2. The molecule has 0 amide bonds. The predicted octanol–water partition coefficient (Wildman–Crippen LogP) is 4.35. The Balaban J connectivity index is 0.00000320. The van der Waals surface area contributed by atoms with E-state index in [1.165, 1.54) is 23.8 Å². The molecular weight excluding hydrogens is 497 g/mol. The van der Waals surface area contributed by atoms with E-state index in [1.807, 2.05) is 13.0 Å². The number of likely N-dealkylation sites (tertiary alicyclic amines) is 1. The zero-order chi connectivity index (χ0) is 20.5. The standard InChI is InChI=1S/C23H30F2N4.HI/c1-2-26-23(27-14-11-20-21(24)9-6-10-22(20)25)28-19-12-15-29(16-13-19)17-18-7-4-3-5-8-18;/h3-10,19H,2,11-17H2,1H3,(H2,26,27,28);1H. The van der Waals surface area contributed by atoms with Crippen LogP contribution in [0.4, 0.5) is 8.78 Å². The third-order valence-electron chi connectivity index (χ3n) is 5.22. The number of piperidine rings is 1. The van der Waals surface area contributed by atoms with Crippen LogP contribution in [0.15, 0.2) is 53.5 Å². The van der Waals surface area contributed by atoms with Crippen molar-refractivity contribution in [3.8, 4) is 0 Å². The van der Waals surface area contributed by atoms with Gasteiger partial charge in [-0.1, -0.05) is 36.4 Å². The van der Waals surface area contributed by atoms with Crippen LogP contribution in [0.5, 0.6) is 0 Å². The molecule has 1 heterocycles. The molecule has 164 valence electrons. The van der Waals surface area contributed by atoms with Crippen molar-refractivity contribution in [2.24, 2.45) is 4.99 Å². The molecule has 30 heavy (non-hydrogen) atoms. The second-order valence-corrected chi connectivity index (χ2v) is 7.39. The summed E-state index contributed by atoms with van der Waals surface area (Å²) in [6.07, 6.45) is 2.32. The molecule has 0 aromatic heterocycles. The second-order valence-electron chi connectivity index (χ2n) is 7.39. The van der Waals surface area contributed by atoms with E-state index < -0.39 is 11.6 Å². The largest absolute Gasteiger partial charge is 0.357 e. The monoisotopic (exact) mass is 528 g/mol. The predicted molar refractivity (Wildman–Crippen MR) is 129 cm³/mol. The second kappa shape index (κ2) is 12.8. The molecule has 3 rings (SSSR count). The molecule has 4 nitrogen and oxygen atoms in total. The highest BCUT2D eigenvalue weighted by molar-refractivity contribution is 14.0. The van der Waals surface area contributed by atoms with Crippen LogP contribution in [0.2, 0.25) is 0 Å². The van der Waals surface area contributed by atoms with E-state index in [2.05, 4.69) is 44.8 Å². The van der Waals surface area contributed by atoms with E-state index in [4.69, 9.17) is 0 Å². The fourth-order valence-corrected chi connectivity index (χ4v) is 3.64. The lowest BCUT2D eigenvalue weighted by molar-refractivity contribution is 0.198. The number of aliphatic imine (C=N–C) groups is 1. The summed E-state index contributed by atoms with van der Waals surface area (Å²) in [5, 5.41) is 6.72. The van der Waals surface area contributed by atoms with Crippen molar-refractivity contribution in [3.05, 3.63) is 71.3 Å². The van der Waals surface area contributed by atoms with Crippen LogP contribution in [0, 0.1) is 11.6 Å². The summed E-state index contributed by atoms with van der Waals surface area (Å²) in [7, 11) is 0. The minimum atomic E-state index is -0.510. The van der Waals surface area contributed by atoms with E-state index in [0.717, 1.165) is 39.0 Å². The molecule has 0 saturated carbocycles. The first kappa shape index (κ1) is 24.5. The van der Waals surface area contributed by atoms with Gasteiger partial charge in [-0.05, 0) is 43.9 Å². The highest BCUT2D eigenvalue weighted by Crippen LogP contribution is 2.14. The maximum Gasteiger partial charge on any atom is 0.191 e. The Morgan fingerprint density at radius 1 is 1.03 bits per heavy atom.